The maximum Gasteiger partial charge on any atom is 0.327 e. The quantitative estimate of drug-likeness (QED) is 0.798. The second kappa shape index (κ2) is 7.74. The Balaban J connectivity index is 1.84. The molecule has 7 heteroatoms. The summed E-state index contributed by atoms with van der Waals surface area (Å²) in [6, 6.07) is -0.798. The Morgan fingerprint density at radius 1 is 1.48 bits per heavy atom. The molecule has 5 nitrogen and oxygen atoms in total. The highest BCUT2D eigenvalue weighted by Crippen LogP contribution is 2.40. The fraction of sp³-hybridized carbons (Fsp3) is 0.857. The molecule has 2 heterocycles. The molecule has 2 aliphatic heterocycles. The molecule has 0 aliphatic carbocycles. The van der Waals surface area contributed by atoms with Gasteiger partial charge in [-0.3, -0.25) is 4.79 Å². The second-order valence-corrected chi connectivity index (χ2v) is 8.24. The van der Waals surface area contributed by atoms with Crippen LogP contribution in [0.25, 0.3) is 0 Å². The van der Waals surface area contributed by atoms with Gasteiger partial charge in [0.25, 0.3) is 0 Å². The number of aliphatic carboxylic acids is 1. The van der Waals surface area contributed by atoms with E-state index in [1.807, 2.05) is 11.8 Å². The number of carboxylic acid groups (broad SMARTS) is 1. The molecule has 1 amide bonds. The van der Waals surface area contributed by atoms with Crippen LogP contribution in [0.15, 0.2) is 0 Å². The van der Waals surface area contributed by atoms with E-state index in [-0.39, 0.29) is 11.5 Å². The highest BCUT2D eigenvalue weighted by Gasteiger charge is 2.39. The third-order valence-electron chi connectivity index (χ3n) is 4.03. The van der Waals surface area contributed by atoms with Crippen molar-refractivity contribution in [2.45, 2.75) is 49.5 Å². The molecule has 2 N–H and O–H groups in total. The maximum atomic E-state index is 11.1. The number of rotatable bonds is 5. The predicted molar refractivity (Wildman–Crippen MR) is 86.0 cm³/mol. The molecule has 0 saturated carbocycles. The molecule has 2 unspecified atom stereocenters. The summed E-state index contributed by atoms with van der Waals surface area (Å²) in [5.41, 5.74) is 0.0217. The highest BCUT2D eigenvalue weighted by atomic mass is 32.2. The van der Waals surface area contributed by atoms with Crippen LogP contribution in [0.1, 0.15) is 32.6 Å². The van der Waals surface area contributed by atoms with Gasteiger partial charge >= 0.3 is 5.97 Å². The van der Waals surface area contributed by atoms with Gasteiger partial charge in [0.1, 0.15) is 6.04 Å². The molecule has 0 aromatic rings. The third-order valence-corrected chi connectivity index (χ3v) is 6.41. The molecule has 0 radical (unpaired) electrons. The lowest BCUT2D eigenvalue weighted by molar-refractivity contribution is -0.140. The van der Waals surface area contributed by atoms with Gasteiger partial charge in [0.2, 0.25) is 5.91 Å². The van der Waals surface area contributed by atoms with E-state index in [2.05, 4.69) is 5.32 Å². The van der Waals surface area contributed by atoms with Crippen molar-refractivity contribution in [2.24, 2.45) is 0 Å². The number of hydrogen-bond acceptors (Lipinski definition) is 5. The van der Waals surface area contributed by atoms with Crippen LogP contribution >= 0.6 is 23.5 Å². The summed E-state index contributed by atoms with van der Waals surface area (Å²) in [7, 11) is 0. The molecule has 2 rings (SSSR count). The maximum absolute atomic E-state index is 11.1. The lowest BCUT2D eigenvalue weighted by Gasteiger charge is -2.43. The standard InChI is InChI=1S/C14H23NO4S2/c1-10(16)15-12(13(17)18)9-21-11-2-5-19-14(8-11)3-6-20-7-4-14/h11-12H,2-9H2,1H3,(H,15,16)(H,17,18). The van der Waals surface area contributed by atoms with E-state index in [9.17, 15) is 9.59 Å². The van der Waals surface area contributed by atoms with Crippen LogP contribution in [0, 0.1) is 0 Å². The van der Waals surface area contributed by atoms with Crippen molar-refractivity contribution in [2.75, 3.05) is 23.9 Å². The van der Waals surface area contributed by atoms with Crippen LogP contribution in [0.4, 0.5) is 0 Å². The van der Waals surface area contributed by atoms with Crippen molar-refractivity contribution in [3.63, 3.8) is 0 Å². The summed E-state index contributed by atoms with van der Waals surface area (Å²) < 4.78 is 6.04. The van der Waals surface area contributed by atoms with E-state index < -0.39 is 12.0 Å². The minimum absolute atomic E-state index is 0.0217. The van der Waals surface area contributed by atoms with E-state index in [1.165, 1.54) is 6.92 Å². The average molecular weight is 333 g/mol. The molecular weight excluding hydrogens is 310 g/mol. The zero-order valence-electron chi connectivity index (χ0n) is 12.3. The van der Waals surface area contributed by atoms with Gasteiger partial charge in [0, 0.05) is 24.5 Å². The van der Waals surface area contributed by atoms with Gasteiger partial charge in [-0.15, -0.1) is 0 Å². The molecule has 1 spiro atoms. The number of thioether (sulfide) groups is 2. The van der Waals surface area contributed by atoms with Crippen molar-refractivity contribution < 1.29 is 19.4 Å². The lowest BCUT2D eigenvalue weighted by Crippen LogP contribution is -2.45. The van der Waals surface area contributed by atoms with Gasteiger partial charge in [-0.05, 0) is 37.2 Å². The van der Waals surface area contributed by atoms with Gasteiger partial charge in [-0.1, -0.05) is 0 Å². The van der Waals surface area contributed by atoms with Gasteiger partial charge < -0.3 is 15.2 Å². The van der Waals surface area contributed by atoms with E-state index in [1.54, 1.807) is 11.8 Å². The Labute approximate surface area is 133 Å². The second-order valence-electron chi connectivity index (χ2n) is 5.68. The zero-order chi connectivity index (χ0) is 15.3. The SMILES string of the molecule is CC(=O)NC(CSC1CCOC2(CCSCC2)C1)C(=O)O. The Morgan fingerprint density at radius 3 is 2.81 bits per heavy atom. The number of carboxylic acids is 1. The first-order valence-electron chi connectivity index (χ1n) is 7.34. The summed E-state index contributed by atoms with van der Waals surface area (Å²) in [6.07, 6.45) is 4.17. The molecule has 0 bridgehead atoms. The number of hydrogen-bond donors (Lipinski definition) is 2. The molecule has 2 aliphatic rings. The molecule has 2 atom stereocenters. The van der Waals surface area contributed by atoms with Crippen LogP contribution in [0.5, 0.6) is 0 Å². The molecule has 0 aromatic heterocycles. The van der Waals surface area contributed by atoms with Crippen molar-refractivity contribution in [1.82, 2.24) is 5.32 Å². The Hall–Kier alpha value is -0.400. The summed E-state index contributed by atoms with van der Waals surface area (Å²) in [6.45, 7) is 2.12. The normalized spacial score (nSPS) is 26.2. The minimum Gasteiger partial charge on any atom is -0.480 e. The van der Waals surface area contributed by atoms with E-state index in [0.717, 1.165) is 43.8 Å². The van der Waals surface area contributed by atoms with Crippen LogP contribution in [-0.4, -0.2) is 57.7 Å². The van der Waals surface area contributed by atoms with Gasteiger partial charge in [-0.2, -0.15) is 23.5 Å². The molecule has 120 valence electrons. The molecular formula is C14H23NO4S2. The van der Waals surface area contributed by atoms with Gasteiger partial charge in [-0.25, -0.2) is 4.79 Å². The fourth-order valence-corrected chi connectivity index (χ4v) is 5.48. The first-order valence-corrected chi connectivity index (χ1v) is 9.54. The number of nitrogens with one attached hydrogen (secondary N) is 1. The first kappa shape index (κ1) is 17.0. The van der Waals surface area contributed by atoms with Crippen molar-refractivity contribution in [3.05, 3.63) is 0 Å². The summed E-state index contributed by atoms with van der Waals surface area (Å²) in [5, 5.41) is 12.1. The van der Waals surface area contributed by atoms with Crippen LogP contribution in [0.2, 0.25) is 0 Å². The summed E-state index contributed by atoms with van der Waals surface area (Å²) >= 11 is 3.64. The van der Waals surface area contributed by atoms with Crippen LogP contribution in [-0.2, 0) is 14.3 Å². The number of amides is 1. The van der Waals surface area contributed by atoms with Crippen molar-refractivity contribution in [1.29, 1.82) is 0 Å². The highest BCUT2D eigenvalue weighted by molar-refractivity contribution is 8.00. The summed E-state index contributed by atoms with van der Waals surface area (Å²) in [4.78, 5) is 22.2. The monoisotopic (exact) mass is 333 g/mol. The fourth-order valence-electron chi connectivity index (χ4n) is 2.87. The predicted octanol–water partition coefficient (Wildman–Crippen LogP) is 1.75. The first-order chi connectivity index (χ1) is 10.0. The van der Waals surface area contributed by atoms with Crippen LogP contribution < -0.4 is 5.32 Å². The number of carbonyl (C=O) groups is 2. The molecule has 21 heavy (non-hydrogen) atoms. The smallest absolute Gasteiger partial charge is 0.327 e. The van der Waals surface area contributed by atoms with E-state index >= 15 is 0 Å². The summed E-state index contributed by atoms with van der Waals surface area (Å²) in [5.74, 6) is 1.47. The molecule has 0 aromatic carbocycles. The van der Waals surface area contributed by atoms with E-state index in [0.29, 0.717) is 11.0 Å². The Bertz CT molecular complexity index is 380. The molecule has 2 fully saturated rings. The van der Waals surface area contributed by atoms with E-state index in [4.69, 9.17) is 9.84 Å². The largest absolute Gasteiger partial charge is 0.480 e. The third kappa shape index (κ3) is 5.07. The topological polar surface area (TPSA) is 75.6 Å². The minimum atomic E-state index is -0.964. The number of carbonyl (C=O) groups excluding carboxylic acids is 1. The Kier molecular flexibility index (Phi) is 6.25. The lowest BCUT2D eigenvalue weighted by atomic mass is 9.88. The zero-order valence-corrected chi connectivity index (χ0v) is 13.9. The van der Waals surface area contributed by atoms with Crippen molar-refractivity contribution >= 4 is 35.4 Å². The average Bonchev–Trinajstić information content (AvgIpc) is 2.44. The Morgan fingerprint density at radius 2 is 2.19 bits per heavy atom. The van der Waals surface area contributed by atoms with Gasteiger partial charge in [0.05, 0.1) is 5.60 Å². The number of ether oxygens (including phenoxy) is 1. The van der Waals surface area contributed by atoms with Gasteiger partial charge in [0.15, 0.2) is 0 Å². The van der Waals surface area contributed by atoms with Crippen molar-refractivity contribution in [3.8, 4) is 0 Å². The molecule has 2 saturated heterocycles. The van der Waals surface area contributed by atoms with Crippen LogP contribution in [0.3, 0.4) is 0 Å².